The molecule has 0 aliphatic carbocycles. The number of carbonyl (C=O) groups is 1. The Hall–Kier alpha value is -0.610. The molecular weight excluding hydrogens is 240 g/mol. The number of hydrogen-bond acceptors (Lipinski definition) is 3. The first-order valence-corrected chi connectivity index (χ1v) is 7.10. The fraction of sp³-hybridized carbons (Fsp3) is 0.933. The van der Waals surface area contributed by atoms with Crippen molar-refractivity contribution in [3.63, 3.8) is 0 Å². The highest BCUT2D eigenvalue weighted by Crippen LogP contribution is 2.28. The Morgan fingerprint density at radius 1 is 1.11 bits per heavy atom. The van der Waals surface area contributed by atoms with Crippen LogP contribution in [0.3, 0.4) is 0 Å². The lowest BCUT2D eigenvalue weighted by molar-refractivity contribution is -0.143. The maximum absolute atomic E-state index is 12.8. The highest BCUT2D eigenvalue weighted by Gasteiger charge is 2.39. The Bertz CT molecular complexity index is 290. The van der Waals surface area contributed by atoms with Gasteiger partial charge in [-0.3, -0.25) is 4.79 Å². The molecule has 4 heteroatoms. The van der Waals surface area contributed by atoms with E-state index < -0.39 is 17.1 Å². The largest absolute Gasteiger partial charge is 0.390 e. The van der Waals surface area contributed by atoms with Crippen molar-refractivity contribution in [1.29, 1.82) is 0 Å². The Kier molecular flexibility index (Phi) is 6.03. The minimum Gasteiger partial charge on any atom is -0.390 e. The van der Waals surface area contributed by atoms with Gasteiger partial charge < -0.3 is 15.7 Å². The third kappa shape index (κ3) is 5.91. The van der Waals surface area contributed by atoms with Gasteiger partial charge in [0.25, 0.3) is 0 Å². The summed E-state index contributed by atoms with van der Waals surface area (Å²) in [6.45, 7) is 15.1. The average Bonchev–Trinajstić information content (AvgIpc) is 2.09. The topological polar surface area (TPSA) is 66.6 Å². The molecule has 0 aromatic rings. The minimum atomic E-state index is -0.906. The second-order valence-electron chi connectivity index (χ2n) is 7.32. The zero-order chi connectivity index (χ0) is 15.6. The first kappa shape index (κ1) is 18.4. The summed E-state index contributed by atoms with van der Waals surface area (Å²) in [6.07, 6.45) is 0.366. The monoisotopic (exact) mass is 272 g/mol. The Morgan fingerprint density at radius 2 is 1.47 bits per heavy atom. The normalized spacial score (nSPS) is 14.9. The van der Waals surface area contributed by atoms with E-state index in [0.717, 1.165) is 0 Å². The van der Waals surface area contributed by atoms with Crippen LogP contribution in [0.1, 0.15) is 61.8 Å². The number of nitrogens with two attached hydrogens (primary N) is 1. The predicted octanol–water partition coefficient (Wildman–Crippen LogP) is 2.15. The number of nitrogens with zero attached hydrogens (tertiary/aromatic N) is 1. The summed E-state index contributed by atoms with van der Waals surface area (Å²) in [5.41, 5.74) is 4.61. The van der Waals surface area contributed by atoms with Crippen molar-refractivity contribution in [2.45, 2.75) is 85.0 Å². The molecule has 4 nitrogen and oxygen atoms in total. The standard InChI is InChI=1S/C15H32N2O2/c1-10(2)17(11(3)4)13(18)12(15(7,8)16)9-14(5,6)19/h10-12,19H,9,16H2,1-8H3/t12-/m1/s1. The van der Waals surface area contributed by atoms with E-state index in [1.165, 1.54) is 0 Å². The van der Waals surface area contributed by atoms with E-state index in [1.54, 1.807) is 13.8 Å². The van der Waals surface area contributed by atoms with Crippen LogP contribution in [0.2, 0.25) is 0 Å². The lowest BCUT2D eigenvalue weighted by atomic mass is 9.79. The SMILES string of the molecule is CC(C)N(C(=O)[C@@H](CC(C)(C)O)C(C)(C)N)C(C)C. The van der Waals surface area contributed by atoms with Crippen molar-refractivity contribution >= 4 is 5.91 Å². The fourth-order valence-electron chi connectivity index (χ4n) is 2.45. The van der Waals surface area contributed by atoms with Crippen LogP contribution in [0.4, 0.5) is 0 Å². The first-order valence-electron chi connectivity index (χ1n) is 7.10. The molecule has 1 amide bonds. The van der Waals surface area contributed by atoms with E-state index in [4.69, 9.17) is 5.73 Å². The third-order valence-corrected chi connectivity index (χ3v) is 3.27. The molecule has 0 spiro atoms. The number of aliphatic hydroxyl groups is 1. The maximum Gasteiger partial charge on any atom is 0.228 e. The van der Waals surface area contributed by atoms with Crippen molar-refractivity contribution in [3.05, 3.63) is 0 Å². The van der Waals surface area contributed by atoms with Crippen LogP contribution in [0.15, 0.2) is 0 Å². The van der Waals surface area contributed by atoms with Gasteiger partial charge in [-0.2, -0.15) is 0 Å². The van der Waals surface area contributed by atoms with Gasteiger partial charge in [-0.15, -0.1) is 0 Å². The molecular formula is C15H32N2O2. The van der Waals surface area contributed by atoms with Crippen molar-refractivity contribution in [2.75, 3.05) is 0 Å². The van der Waals surface area contributed by atoms with Gasteiger partial charge in [0.1, 0.15) is 0 Å². The molecule has 0 fully saturated rings. The fourth-order valence-corrected chi connectivity index (χ4v) is 2.45. The van der Waals surface area contributed by atoms with E-state index in [1.807, 2.05) is 46.4 Å². The summed E-state index contributed by atoms with van der Waals surface area (Å²) in [5.74, 6) is -0.364. The molecule has 0 aromatic carbocycles. The van der Waals surface area contributed by atoms with Crippen LogP contribution in [0.25, 0.3) is 0 Å². The molecule has 1 atom stereocenters. The molecule has 0 heterocycles. The van der Waals surface area contributed by atoms with Gasteiger partial charge in [-0.1, -0.05) is 0 Å². The van der Waals surface area contributed by atoms with Gasteiger partial charge in [0.2, 0.25) is 5.91 Å². The number of rotatable bonds is 6. The van der Waals surface area contributed by atoms with Crippen LogP contribution in [-0.4, -0.2) is 39.1 Å². The summed E-state index contributed by atoms with van der Waals surface area (Å²) >= 11 is 0. The summed E-state index contributed by atoms with van der Waals surface area (Å²) in [6, 6.07) is 0.248. The van der Waals surface area contributed by atoms with Crippen LogP contribution >= 0.6 is 0 Å². The summed E-state index contributed by atoms with van der Waals surface area (Å²) in [5, 5.41) is 10.0. The van der Waals surface area contributed by atoms with Crippen LogP contribution < -0.4 is 5.73 Å². The van der Waals surface area contributed by atoms with Crippen molar-refractivity contribution in [3.8, 4) is 0 Å². The quantitative estimate of drug-likeness (QED) is 0.778. The molecule has 0 aromatic heterocycles. The van der Waals surface area contributed by atoms with Gasteiger partial charge in [0, 0.05) is 17.6 Å². The molecule has 0 unspecified atom stereocenters. The second-order valence-corrected chi connectivity index (χ2v) is 7.32. The summed E-state index contributed by atoms with van der Waals surface area (Å²) in [4.78, 5) is 14.6. The molecule has 0 aliphatic rings. The van der Waals surface area contributed by atoms with Crippen LogP contribution in [0, 0.1) is 5.92 Å². The molecule has 19 heavy (non-hydrogen) atoms. The number of carbonyl (C=O) groups excluding carboxylic acids is 1. The first-order chi connectivity index (χ1) is 8.27. The molecule has 3 N–H and O–H groups in total. The van der Waals surface area contributed by atoms with Gasteiger partial charge in [-0.25, -0.2) is 0 Å². The number of hydrogen-bond donors (Lipinski definition) is 2. The van der Waals surface area contributed by atoms with E-state index >= 15 is 0 Å². The molecule has 0 saturated carbocycles. The van der Waals surface area contributed by atoms with Gasteiger partial charge in [0.15, 0.2) is 0 Å². The highest BCUT2D eigenvalue weighted by molar-refractivity contribution is 5.80. The van der Waals surface area contributed by atoms with Crippen molar-refractivity contribution in [1.82, 2.24) is 4.90 Å². The summed E-state index contributed by atoms with van der Waals surface area (Å²) in [7, 11) is 0. The molecule has 114 valence electrons. The minimum absolute atomic E-state index is 0.0274. The average molecular weight is 272 g/mol. The smallest absolute Gasteiger partial charge is 0.228 e. The van der Waals surface area contributed by atoms with E-state index in [-0.39, 0.29) is 18.0 Å². The third-order valence-electron chi connectivity index (χ3n) is 3.27. The molecule has 0 aliphatic heterocycles. The lowest BCUT2D eigenvalue weighted by Gasteiger charge is -2.40. The van der Waals surface area contributed by atoms with Crippen molar-refractivity contribution < 1.29 is 9.90 Å². The van der Waals surface area contributed by atoms with E-state index in [9.17, 15) is 9.90 Å². The van der Waals surface area contributed by atoms with Crippen LogP contribution in [0.5, 0.6) is 0 Å². The van der Waals surface area contributed by atoms with Gasteiger partial charge in [0.05, 0.1) is 11.5 Å². The lowest BCUT2D eigenvalue weighted by Crippen LogP contribution is -2.55. The molecule has 0 saturated heterocycles. The molecule has 0 radical (unpaired) electrons. The Morgan fingerprint density at radius 3 is 1.68 bits per heavy atom. The second kappa shape index (κ2) is 6.23. The van der Waals surface area contributed by atoms with Crippen LogP contribution in [-0.2, 0) is 4.79 Å². The highest BCUT2D eigenvalue weighted by atomic mass is 16.3. The maximum atomic E-state index is 12.8. The summed E-state index contributed by atoms with van der Waals surface area (Å²) < 4.78 is 0. The van der Waals surface area contributed by atoms with Crippen molar-refractivity contribution in [2.24, 2.45) is 11.7 Å². The Balaban J connectivity index is 5.32. The zero-order valence-electron chi connectivity index (χ0n) is 13.8. The van der Waals surface area contributed by atoms with Gasteiger partial charge >= 0.3 is 0 Å². The van der Waals surface area contributed by atoms with Gasteiger partial charge in [-0.05, 0) is 61.8 Å². The van der Waals surface area contributed by atoms with E-state index in [0.29, 0.717) is 6.42 Å². The zero-order valence-corrected chi connectivity index (χ0v) is 13.8. The Labute approximate surface area is 118 Å². The number of amides is 1. The molecule has 0 rings (SSSR count). The predicted molar refractivity (Wildman–Crippen MR) is 79.8 cm³/mol. The molecule has 0 bridgehead atoms. The van der Waals surface area contributed by atoms with E-state index in [2.05, 4.69) is 0 Å².